The van der Waals surface area contributed by atoms with E-state index in [9.17, 15) is 24.3 Å². The summed E-state index contributed by atoms with van der Waals surface area (Å²) >= 11 is 0. The number of carbonyl (C=O) groups is 4. The molecule has 0 saturated carbocycles. The lowest BCUT2D eigenvalue weighted by molar-refractivity contribution is -0.144. The fourth-order valence-corrected chi connectivity index (χ4v) is 3.44. The van der Waals surface area contributed by atoms with Gasteiger partial charge in [-0.05, 0) is 25.5 Å². The fourth-order valence-electron chi connectivity index (χ4n) is 3.44. The van der Waals surface area contributed by atoms with Crippen LogP contribution in [0.2, 0.25) is 0 Å². The molecule has 2 heterocycles. The highest BCUT2D eigenvalue weighted by atomic mass is 16.6. The molecular formula is C24H31N5O7. The van der Waals surface area contributed by atoms with Crippen molar-refractivity contribution >= 4 is 23.9 Å². The van der Waals surface area contributed by atoms with Crippen LogP contribution in [0.1, 0.15) is 37.2 Å². The number of carboxylic acid groups (broad SMARTS) is 1. The Labute approximate surface area is 208 Å². The summed E-state index contributed by atoms with van der Waals surface area (Å²) in [5.41, 5.74) is 0.546. The SMILES string of the molecule is CCCCOC(=O)N1CCN(C(=O)CNC(=O)c2cc(O[C@H](C)C(=O)O)n(-c3ccccc3)n2)CC1. The lowest BCUT2D eigenvalue weighted by atomic mass is 10.3. The van der Waals surface area contributed by atoms with E-state index < -0.39 is 18.0 Å². The summed E-state index contributed by atoms with van der Waals surface area (Å²) in [4.78, 5) is 51.7. The highest BCUT2D eigenvalue weighted by Crippen LogP contribution is 2.21. The highest BCUT2D eigenvalue weighted by Gasteiger charge is 2.26. The number of aliphatic carboxylic acids is 1. The van der Waals surface area contributed by atoms with Gasteiger partial charge in [0, 0.05) is 32.2 Å². The molecule has 3 rings (SSSR count). The minimum Gasteiger partial charge on any atom is -0.479 e. The van der Waals surface area contributed by atoms with Crippen LogP contribution in [0.15, 0.2) is 36.4 Å². The van der Waals surface area contributed by atoms with Gasteiger partial charge in [-0.1, -0.05) is 31.5 Å². The van der Waals surface area contributed by atoms with Crippen LogP contribution in [0, 0.1) is 0 Å². The van der Waals surface area contributed by atoms with Crippen LogP contribution in [0.3, 0.4) is 0 Å². The molecule has 1 saturated heterocycles. The van der Waals surface area contributed by atoms with Crippen molar-refractivity contribution in [1.29, 1.82) is 0 Å². The van der Waals surface area contributed by atoms with E-state index in [-0.39, 0.29) is 30.1 Å². The molecule has 2 aromatic rings. The summed E-state index contributed by atoms with van der Waals surface area (Å²) in [5, 5.41) is 16.0. The van der Waals surface area contributed by atoms with Crippen molar-refractivity contribution in [3.05, 3.63) is 42.1 Å². The first-order valence-corrected chi connectivity index (χ1v) is 11.8. The van der Waals surface area contributed by atoms with Gasteiger partial charge in [0.25, 0.3) is 5.91 Å². The van der Waals surface area contributed by atoms with Crippen LogP contribution in [0.25, 0.3) is 5.69 Å². The Balaban J connectivity index is 1.57. The number of nitrogens with one attached hydrogen (secondary N) is 1. The van der Waals surface area contributed by atoms with E-state index >= 15 is 0 Å². The third-order valence-electron chi connectivity index (χ3n) is 5.57. The van der Waals surface area contributed by atoms with Gasteiger partial charge in [0.15, 0.2) is 11.8 Å². The first kappa shape index (κ1) is 26.5. The summed E-state index contributed by atoms with van der Waals surface area (Å²) in [6, 6.07) is 10.1. The molecule has 1 aromatic carbocycles. The van der Waals surface area contributed by atoms with Crippen molar-refractivity contribution in [2.75, 3.05) is 39.3 Å². The van der Waals surface area contributed by atoms with Gasteiger partial charge >= 0.3 is 12.1 Å². The highest BCUT2D eigenvalue weighted by molar-refractivity contribution is 5.95. The summed E-state index contributed by atoms with van der Waals surface area (Å²) < 4.78 is 12.0. The molecule has 0 radical (unpaired) electrons. The molecule has 12 heteroatoms. The zero-order valence-corrected chi connectivity index (χ0v) is 20.4. The molecule has 194 valence electrons. The van der Waals surface area contributed by atoms with Crippen molar-refractivity contribution in [3.63, 3.8) is 0 Å². The molecule has 1 aromatic heterocycles. The summed E-state index contributed by atoms with van der Waals surface area (Å²) in [6.45, 7) is 4.90. The topological polar surface area (TPSA) is 143 Å². The molecule has 0 spiro atoms. The molecule has 2 N–H and O–H groups in total. The van der Waals surface area contributed by atoms with E-state index in [1.165, 1.54) is 17.7 Å². The number of rotatable bonds is 10. The molecule has 1 fully saturated rings. The molecule has 0 unspecified atom stereocenters. The Hall–Kier alpha value is -4.09. The van der Waals surface area contributed by atoms with Gasteiger partial charge in [-0.25, -0.2) is 14.3 Å². The van der Waals surface area contributed by atoms with E-state index in [4.69, 9.17) is 9.47 Å². The molecule has 0 aliphatic carbocycles. The van der Waals surface area contributed by atoms with Gasteiger partial charge in [-0.2, -0.15) is 5.10 Å². The van der Waals surface area contributed by atoms with Crippen molar-refractivity contribution in [2.45, 2.75) is 32.8 Å². The molecule has 36 heavy (non-hydrogen) atoms. The van der Waals surface area contributed by atoms with Crippen LogP contribution < -0.4 is 10.1 Å². The molecular weight excluding hydrogens is 470 g/mol. The van der Waals surface area contributed by atoms with Crippen LogP contribution >= 0.6 is 0 Å². The number of carboxylic acids is 1. The molecule has 1 aliphatic heterocycles. The van der Waals surface area contributed by atoms with E-state index in [0.29, 0.717) is 38.5 Å². The Morgan fingerprint density at radius 2 is 1.75 bits per heavy atom. The van der Waals surface area contributed by atoms with Gasteiger partial charge in [-0.3, -0.25) is 9.59 Å². The van der Waals surface area contributed by atoms with E-state index in [1.807, 2.05) is 13.0 Å². The first-order chi connectivity index (χ1) is 17.3. The van der Waals surface area contributed by atoms with Crippen molar-refractivity contribution in [2.24, 2.45) is 0 Å². The largest absolute Gasteiger partial charge is 0.479 e. The number of amides is 3. The first-order valence-electron chi connectivity index (χ1n) is 11.8. The second-order valence-electron chi connectivity index (χ2n) is 8.23. The number of piperazine rings is 1. The molecule has 12 nitrogen and oxygen atoms in total. The van der Waals surface area contributed by atoms with Gasteiger partial charge in [0.1, 0.15) is 0 Å². The van der Waals surface area contributed by atoms with E-state index in [0.717, 1.165) is 12.8 Å². The normalized spacial score (nSPS) is 14.2. The predicted molar refractivity (Wildman–Crippen MR) is 128 cm³/mol. The average Bonchev–Trinajstić information content (AvgIpc) is 3.31. The van der Waals surface area contributed by atoms with Gasteiger partial charge in [-0.15, -0.1) is 0 Å². The second-order valence-corrected chi connectivity index (χ2v) is 8.23. The smallest absolute Gasteiger partial charge is 0.409 e. The second kappa shape index (κ2) is 12.6. The summed E-state index contributed by atoms with van der Waals surface area (Å²) in [5.74, 6) is -1.99. The number of aromatic nitrogens is 2. The van der Waals surface area contributed by atoms with Crippen LogP contribution in [-0.2, 0) is 14.3 Å². The third kappa shape index (κ3) is 6.96. The maximum Gasteiger partial charge on any atom is 0.409 e. The Kier molecular flexibility index (Phi) is 9.25. The number of carbonyl (C=O) groups excluding carboxylic acids is 3. The van der Waals surface area contributed by atoms with E-state index in [2.05, 4.69) is 10.4 Å². The molecule has 1 aliphatic rings. The van der Waals surface area contributed by atoms with Crippen molar-refractivity contribution < 1.29 is 33.8 Å². The third-order valence-corrected chi connectivity index (χ3v) is 5.57. The number of benzene rings is 1. The summed E-state index contributed by atoms with van der Waals surface area (Å²) in [6.07, 6.45) is 0.195. The zero-order valence-electron chi connectivity index (χ0n) is 20.4. The van der Waals surface area contributed by atoms with E-state index in [1.54, 1.807) is 34.1 Å². The van der Waals surface area contributed by atoms with Crippen LogP contribution in [0.5, 0.6) is 5.88 Å². The van der Waals surface area contributed by atoms with Gasteiger partial charge in [0.05, 0.1) is 18.8 Å². The minimum atomic E-state index is -1.17. The summed E-state index contributed by atoms with van der Waals surface area (Å²) in [7, 11) is 0. The number of hydrogen-bond donors (Lipinski definition) is 2. The Morgan fingerprint density at radius 3 is 2.39 bits per heavy atom. The zero-order chi connectivity index (χ0) is 26.1. The minimum absolute atomic E-state index is 0.0288. The Morgan fingerprint density at radius 1 is 1.08 bits per heavy atom. The van der Waals surface area contributed by atoms with Gasteiger partial charge in [0.2, 0.25) is 11.8 Å². The molecule has 0 bridgehead atoms. The Bertz CT molecular complexity index is 1060. The van der Waals surface area contributed by atoms with Crippen molar-refractivity contribution in [3.8, 4) is 11.6 Å². The molecule has 1 atom stereocenters. The number of nitrogens with zero attached hydrogens (tertiary/aromatic N) is 4. The lowest BCUT2D eigenvalue weighted by Gasteiger charge is -2.34. The number of para-hydroxylation sites is 1. The molecule has 3 amide bonds. The maximum absolute atomic E-state index is 12.7. The van der Waals surface area contributed by atoms with Crippen LogP contribution in [-0.4, -0.2) is 94.0 Å². The number of ether oxygens (including phenoxy) is 2. The average molecular weight is 502 g/mol. The van der Waals surface area contributed by atoms with Crippen molar-refractivity contribution in [1.82, 2.24) is 24.9 Å². The monoisotopic (exact) mass is 501 g/mol. The van der Waals surface area contributed by atoms with Gasteiger partial charge < -0.3 is 29.7 Å². The quantitative estimate of drug-likeness (QED) is 0.467. The predicted octanol–water partition coefficient (Wildman–Crippen LogP) is 1.53. The van der Waals surface area contributed by atoms with Crippen LogP contribution in [0.4, 0.5) is 4.79 Å². The number of unbranched alkanes of at least 4 members (excludes halogenated alkanes) is 1. The number of hydrogen-bond acceptors (Lipinski definition) is 7. The maximum atomic E-state index is 12.7. The lowest BCUT2D eigenvalue weighted by Crippen LogP contribution is -2.52. The fraction of sp³-hybridized carbons (Fsp3) is 0.458. The standard InChI is InChI=1S/C24H31N5O7/c1-3-4-14-35-24(34)28-12-10-27(11-13-28)20(30)16-25-22(31)19-15-21(36-17(2)23(32)33)29(26-19)18-8-6-5-7-9-18/h5-9,15,17H,3-4,10-14,16H2,1-2H3,(H,25,31)(H,32,33)/t17-/m1/s1.